The minimum atomic E-state index is -0.158. The number of piperazine rings is 1. The number of anilines is 1. The van der Waals surface area contributed by atoms with Gasteiger partial charge in [-0.05, 0) is 92.8 Å². The van der Waals surface area contributed by atoms with Crippen molar-refractivity contribution in [3.63, 3.8) is 0 Å². The van der Waals surface area contributed by atoms with E-state index in [0.717, 1.165) is 69.5 Å². The third-order valence-corrected chi connectivity index (χ3v) is 10.2. The summed E-state index contributed by atoms with van der Waals surface area (Å²) in [5.74, 6) is 0.337. The van der Waals surface area contributed by atoms with E-state index in [1.807, 2.05) is 24.1 Å². The van der Waals surface area contributed by atoms with Crippen molar-refractivity contribution in [1.82, 2.24) is 20.5 Å². The summed E-state index contributed by atoms with van der Waals surface area (Å²) in [4.78, 5) is 35.2. The van der Waals surface area contributed by atoms with Gasteiger partial charge in [0.1, 0.15) is 0 Å². The molecule has 1 saturated carbocycles. The number of hydrogen-bond acceptors (Lipinski definition) is 5. The number of pyridine rings is 1. The van der Waals surface area contributed by atoms with E-state index in [1.165, 1.54) is 27.8 Å². The number of hydrogen-bond donors (Lipinski definition) is 2. The Morgan fingerprint density at radius 1 is 0.913 bits per heavy atom. The lowest BCUT2D eigenvalue weighted by atomic mass is 9.88. The van der Waals surface area contributed by atoms with Gasteiger partial charge in [-0.25, -0.2) is 0 Å². The van der Waals surface area contributed by atoms with Gasteiger partial charge in [-0.15, -0.1) is 0 Å². The molecule has 1 aliphatic carbocycles. The first-order valence-corrected chi connectivity index (χ1v) is 17.1. The number of rotatable bonds is 7. The van der Waals surface area contributed by atoms with Crippen LogP contribution in [0.4, 0.5) is 5.69 Å². The normalized spacial score (nSPS) is 20.3. The maximum absolute atomic E-state index is 13.4. The molecule has 1 unspecified atom stereocenters. The highest BCUT2D eigenvalue weighted by Gasteiger charge is 2.37. The first-order valence-electron chi connectivity index (χ1n) is 17.1. The molecule has 2 atom stereocenters. The third kappa shape index (κ3) is 7.36. The van der Waals surface area contributed by atoms with Crippen molar-refractivity contribution in [3.8, 4) is 0 Å². The number of benzene rings is 2. The molecular formula is C39H49N5O2. The van der Waals surface area contributed by atoms with E-state index in [2.05, 4.69) is 89.8 Å². The van der Waals surface area contributed by atoms with Gasteiger partial charge in [0.25, 0.3) is 5.91 Å². The van der Waals surface area contributed by atoms with Crippen molar-refractivity contribution in [2.75, 3.05) is 44.2 Å². The van der Waals surface area contributed by atoms with Crippen molar-refractivity contribution >= 4 is 23.1 Å². The number of carbonyl (C=O) groups is 2. The molecule has 2 aliphatic heterocycles. The van der Waals surface area contributed by atoms with E-state index in [0.29, 0.717) is 24.6 Å². The molecule has 242 valence electrons. The zero-order valence-corrected chi connectivity index (χ0v) is 27.9. The van der Waals surface area contributed by atoms with Crippen LogP contribution in [0.3, 0.4) is 0 Å². The molecule has 2 aromatic carbocycles. The second kappa shape index (κ2) is 13.8. The van der Waals surface area contributed by atoms with Crippen LogP contribution in [0, 0.1) is 18.3 Å². The largest absolute Gasteiger partial charge is 0.367 e. The molecule has 0 radical (unpaired) electrons. The molecule has 3 heterocycles. The molecule has 6 rings (SSSR count). The Labute approximate surface area is 274 Å². The molecule has 2 amide bonds. The maximum atomic E-state index is 13.4. The lowest BCUT2D eigenvalue weighted by molar-refractivity contribution is -0.135. The standard InChI is InChI=1S/C39H49N5O2/c1-27-5-7-30(8-6-27)36(32-14-17-40-18-15-32)31-11-9-29(10-12-31)28(2)42-37(45)34-23-35(26-41-25-34)43-19-21-44(22-20-43)38(46)33-13-16-39(3,4)24-33/h5-12,23,25-26,28,33,40H,13-22,24H2,1-4H3,(H,42,45)/t28-,33?/m1/s1. The van der Waals surface area contributed by atoms with Gasteiger partial charge < -0.3 is 20.4 Å². The van der Waals surface area contributed by atoms with E-state index in [1.54, 1.807) is 6.20 Å². The summed E-state index contributed by atoms with van der Waals surface area (Å²) in [6, 6.07) is 19.3. The molecule has 7 nitrogen and oxygen atoms in total. The summed E-state index contributed by atoms with van der Waals surface area (Å²) in [7, 11) is 0. The minimum Gasteiger partial charge on any atom is -0.367 e. The van der Waals surface area contributed by atoms with Gasteiger partial charge in [-0.3, -0.25) is 14.6 Å². The Bertz CT molecular complexity index is 1560. The number of amides is 2. The van der Waals surface area contributed by atoms with Crippen LogP contribution in [-0.4, -0.2) is 61.0 Å². The Kier molecular flexibility index (Phi) is 9.60. The average molecular weight is 620 g/mol. The fourth-order valence-corrected chi connectivity index (χ4v) is 7.39. The van der Waals surface area contributed by atoms with Crippen LogP contribution in [0.1, 0.15) is 91.5 Å². The Balaban J connectivity index is 1.08. The fourth-order valence-electron chi connectivity index (χ4n) is 7.39. The number of nitrogens with zero attached hydrogens (tertiary/aromatic N) is 3. The predicted octanol–water partition coefficient (Wildman–Crippen LogP) is 6.54. The lowest BCUT2D eigenvalue weighted by Gasteiger charge is -2.37. The van der Waals surface area contributed by atoms with Crippen LogP contribution < -0.4 is 15.5 Å². The monoisotopic (exact) mass is 619 g/mol. The van der Waals surface area contributed by atoms with Crippen molar-refractivity contribution in [1.29, 1.82) is 0 Å². The first kappa shape index (κ1) is 32.0. The van der Waals surface area contributed by atoms with Crippen molar-refractivity contribution in [2.45, 2.75) is 65.8 Å². The van der Waals surface area contributed by atoms with Crippen molar-refractivity contribution < 1.29 is 9.59 Å². The molecule has 3 fully saturated rings. The smallest absolute Gasteiger partial charge is 0.253 e. The van der Waals surface area contributed by atoms with Gasteiger partial charge in [-0.2, -0.15) is 0 Å². The summed E-state index contributed by atoms with van der Waals surface area (Å²) in [5, 5.41) is 6.66. The zero-order chi connectivity index (χ0) is 32.3. The maximum Gasteiger partial charge on any atom is 0.253 e. The highest BCUT2D eigenvalue weighted by molar-refractivity contribution is 5.95. The summed E-state index contributed by atoms with van der Waals surface area (Å²) in [6.07, 6.45) is 8.67. The topological polar surface area (TPSA) is 77.6 Å². The minimum absolute atomic E-state index is 0.138. The van der Waals surface area contributed by atoms with E-state index in [9.17, 15) is 9.59 Å². The van der Waals surface area contributed by atoms with Gasteiger partial charge in [-0.1, -0.05) is 73.5 Å². The quantitative estimate of drug-likeness (QED) is 0.314. The van der Waals surface area contributed by atoms with Crippen molar-refractivity contribution in [3.05, 3.63) is 100 Å². The summed E-state index contributed by atoms with van der Waals surface area (Å²) in [5.41, 5.74) is 9.37. The van der Waals surface area contributed by atoms with Gasteiger partial charge >= 0.3 is 0 Å². The van der Waals surface area contributed by atoms with Gasteiger partial charge in [0.05, 0.1) is 23.5 Å². The highest BCUT2D eigenvalue weighted by atomic mass is 16.2. The highest BCUT2D eigenvalue weighted by Crippen LogP contribution is 2.41. The van der Waals surface area contributed by atoms with Crippen LogP contribution in [-0.2, 0) is 4.79 Å². The van der Waals surface area contributed by atoms with Gasteiger partial charge in [0.2, 0.25) is 5.91 Å². The molecule has 46 heavy (non-hydrogen) atoms. The molecule has 0 bridgehead atoms. The number of carbonyl (C=O) groups excluding carboxylic acids is 2. The SMILES string of the molecule is Cc1ccc(C(=C2CCNCC2)c2ccc([C@@H](C)NC(=O)c3cncc(N4CCN(C(=O)C5CCC(C)(C)C5)CC4)c3)cc2)cc1. The molecular weight excluding hydrogens is 570 g/mol. The van der Waals surface area contributed by atoms with Crippen molar-refractivity contribution in [2.24, 2.45) is 11.3 Å². The number of aromatic nitrogens is 1. The molecule has 3 aromatic rings. The van der Waals surface area contributed by atoms with Crippen LogP contribution in [0.25, 0.3) is 5.57 Å². The van der Waals surface area contributed by atoms with Crippen LogP contribution >= 0.6 is 0 Å². The molecule has 7 heteroatoms. The molecule has 3 aliphatic rings. The predicted molar refractivity (Wildman–Crippen MR) is 186 cm³/mol. The Morgan fingerprint density at radius 2 is 1.57 bits per heavy atom. The number of piperidine rings is 1. The third-order valence-electron chi connectivity index (χ3n) is 10.2. The number of nitrogens with one attached hydrogen (secondary N) is 2. The van der Waals surface area contributed by atoms with Crippen LogP contribution in [0.2, 0.25) is 0 Å². The molecule has 2 saturated heterocycles. The zero-order valence-electron chi connectivity index (χ0n) is 27.9. The molecule has 2 N–H and O–H groups in total. The Morgan fingerprint density at radius 3 is 2.20 bits per heavy atom. The van der Waals surface area contributed by atoms with E-state index < -0.39 is 0 Å². The second-order valence-electron chi connectivity index (χ2n) is 14.3. The molecule has 1 aromatic heterocycles. The summed E-state index contributed by atoms with van der Waals surface area (Å²) < 4.78 is 0. The van der Waals surface area contributed by atoms with E-state index >= 15 is 0 Å². The van der Waals surface area contributed by atoms with Crippen LogP contribution in [0.15, 0.2) is 72.6 Å². The van der Waals surface area contributed by atoms with Gasteiger partial charge in [0.15, 0.2) is 0 Å². The van der Waals surface area contributed by atoms with Gasteiger partial charge in [0, 0.05) is 38.3 Å². The second-order valence-corrected chi connectivity index (χ2v) is 14.3. The number of aryl methyl sites for hydroxylation is 1. The Hall–Kier alpha value is -3.97. The fraction of sp³-hybridized carbons (Fsp3) is 0.462. The van der Waals surface area contributed by atoms with Crippen LogP contribution in [0.5, 0.6) is 0 Å². The van der Waals surface area contributed by atoms with E-state index in [-0.39, 0.29) is 23.3 Å². The van der Waals surface area contributed by atoms with E-state index in [4.69, 9.17) is 0 Å². The molecule has 0 spiro atoms. The average Bonchev–Trinajstić information content (AvgIpc) is 3.45. The lowest BCUT2D eigenvalue weighted by Crippen LogP contribution is -2.50. The first-order chi connectivity index (χ1) is 22.2. The summed E-state index contributed by atoms with van der Waals surface area (Å²) in [6.45, 7) is 13.6. The summed E-state index contributed by atoms with van der Waals surface area (Å²) >= 11 is 0.